The summed E-state index contributed by atoms with van der Waals surface area (Å²) in [5, 5.41) is 9.27. The second-order valence-corrected chi connectivity index (χ2v) is 2.68. The third kappa shape index (κ3) is 54.7. The molecule has 0 spiro atoms. The molecule has 0 aromatic heterocycles. The van der Waals surface area contributed by atoms with Crippen LogP contribution in [-0.2, 0) is 15.1 Å². The van der Waals surface area contributed by atoms with Crippen molar-refractivity contribution in [2.75, 3.05) is 20.3 Å². The van der Waals surface area contributed by atoms with Crippen LogP contribution in [0.4, 0.5) is 0 Å². The van der Waals surface area contributed by atoms with Gasteiger partial charge in [0.2, 0.25) is 0 Å². The van der Waals surface area contributed by atoms with E-state index < -0.39 is 10.4 Å². The molecule has 0 aromatic carbocycles. The van der Waals surface area contributed by atoms with Crippen LogP contribution >= 0.6 is 0 Å². The van der Waals surface area contributed by atoms with Crippen molar-refractivity contribution in [2.24, 2.45) is 5.73 Å². The summed E-state index contributed by atoms with van der Waals surface area (Å²) in [5.74, 6) is -0.0120. The second-order valence-electron chi connectivity index (χ2n) is 1.78. The summed E-state index contributed by atoms with van der Waals surface area (Å²) < 4.78 is 36.3. The Bertz CT molecular complexity index is 218. The molecule has 0 aliphatic carbocycles. The molecule has 13 heavy (non-hydrogen) atoms. The number of nitrogens with two attached hydrogens (primary N) is 1. The summed E-state index contributed by atoms with van der Waals surface area (Å²) in [6, 6.07) is 0. The van der Waals surface area contributed by atoms with Gasteiger partial charge in [-0.3, -0.25) is 14.5 Å². The highest BCUT2D eigenvalue weighted by atomic mass is 32.3. The minimum absolute atomic E-state index is 0.0120. The normalized spacial score (nSPS) is 9.77. The minimum Gasteiger partial charge on any atom is -0.383 e. The topological polar surface area (TPSA) is 146 Å². The Morgan fingerprint density at radius 3 is 2.23 bits per heavy atom. The lowest BCUT2D eigenvalue weighted by molar-refractivity contribution is 0.204. The Kier molecular flexibility index (Phi) is 8.69. The molecule has 0 fully saturated rings. The average Bonchev–Trinajstić information content (AvgIpc) is 1.83. The van der Waals surface area contributed by atoms with Crippen LogP contribution < -0.4 is 11.1 Å². The molecule has 0 aromatic rings. The summed E-state index contributed by atoms with van der Waals surface area (Å²) in [7, 11) is -3.07. The maximum atomic E-state index is 8.74. The largest absolute Gasteiger partial charge is 0.394 e. The number of guanidine groups is 1. The monoisotopic (exact) mass is 215 g/mol. The van der Waals surface area contributed by atoms with Gasteiger partial charge in [-0.25, -0.2) is 0 Å². The zero-order valence-electron chi connectivity index (χ0n) is 7.02. The molecule has 0 unspecified atom stereocenters. The first-order valence-corrected chi connectivity index (χ1v) is 4.43. The highest BCUT2D eigenvalue weighted by Gasteiger charge is 1.84. The van der Waals surface area contributed by atoms with E-state index in [0.29, 0.717) is 13.2 Å². The van der Waals surface area contributed by atoms with E-state index in [1.54, 1.807) is 7.11 Å². The maximum absolute atomic E-state index is 8.74. The predicted octanol–water partition coefficient (Wildman–Crippen LogP) is -1.54. The lowest BCUT2D eigenvalue weighted by Gasteiger charge is -1.99. The summed E-state index contributed by atoms with van der Waals surface area (Å²) in [6.45, 7) is 1.19. The Labute approximate surface area is 76.2 Å². The highest BCUT2D eigenvalue weighted by Crippen LogP contribution is 1.60. The van der Waals surface area contributed by atoms with E-state index >= 15 is 0 Å². The molecular formula is C4H13N3O5S. The third-order valence-corrected chi connectivity index (χ3v) is 0.622. The van der Waals surface area contributed by atoms with Crippen molar-refractivity contribution in [3.05, 3.63) is 0 Å². The van der Waals surface area contributed by atoms with Gasteiger partial charge in [-0.05, 0) is 0 Å². The molecule has 0 radical (unpaired) electrons. The van der Waals surface area contributed by atoms with Crippen LogP contribution in [0.2, 0.25) is 0 Å². The second kappa shape index (κ2) is 7.73. The molecule has 0 aliphatic rings. The number of hydrogen-bond acceptors (Lipinski definition) is 4. The van der Waals surface area contributed by atoms with E-state index in [4.69, 9.17) is 28.7 Å². The Hall–Kier alpha value is -0.900. The average molecular weight is 215 g/mol. The summed E-state index contributed by atoms with van der Waals surface area (Å²) in [6.07, 6.45) is 0. The van der Waals surface area contributed by atoms with Gasteiger partial charge in [0, 0.05) is 13.7 Å². The Balaban J connectivity index is 0. The van der Waals surface area contributed by atoms with Crippen molar-refractivity contribution in [3.63, 3.8) is 0 Å². The van der Waals surface area contributed by atoms with E-state index in [1.165, 1.54) is 0 Å². The van der Waals surface area contributed by atoms with Gasteiger partial charge in [0.15, 0.2) is 5.96 Å². The van der Waals surface area contributed by atoms with Gasteiger partial charge in [0.05, 0.1) is 6.61 Å². The van der Waals surface area contributed by atoms with Crippen LogP contribution in [0.15, 0.2) is 0 Å². The molecule has 0 amide bonds. The molecule has 8 nitrogen and oxygen atoms in total. The van der Waals surface area contributed by atoms with Crippen LogP contribution in [0.5, 0.6) is 0 Å². The maximum Gasteiger partial charge on any atom is 0.394 e. The zero-order valence-corrected chi connectivity index (χ0v) is 7.84. The van der Waals surface area contributed by atoms with Crippen molar-refractivity contribution in [2.45, 2.75) is 0 Å². The van der Waals surface area contributed by atoms with E-state index in [0.717, 1.165) is 0 Å². The molecule has 9 heteroatoms. The number of rotatable bonds is 3. The van der Waals surface area contributed by atoms with Crippen LogP contribution in [0.25, 0.3) is 0 Å². The summed E-state index contributed by atoms with van der Waals surface area (Å²) in [4.78, 5) is 0. The first-order valence-electron chi connectivity index (χ1n) is 3.04. The first-order chi connectivity index (χ1) is 5.77. The van der Waals surface area contributed by atoms with Gasteiger partial charge >= 0.3 is 10.4 Å². The van der Waals surface area contributed by atoms with Crippen LogP contribution in [0.3, 0.4) is 0 Å². The van der Waals surface area contributed by atoms with Crippen molar-refractivity contribution >= 4 is 16.4 Å². The predicted molar refractivity (Wildman–Crippen MR) is 46.0 cm³/mol. The molecule has 80 valence electrons. The minimum atomic E-state index is -4.67. The number of ether oxygens (including phenoxy) is 1. The van der Waals surface area contributed by atoms with Gasteiger partial charge in [-0.2, -0.15) is 8.42 Å². The quantitative estimate of drug-likeness (QED) is 0.166. The van der Waals surface area contributed by atoms with Gasteiger partial charge in [-0.15, -0.1) is 0 Å². The molecule has 0 bridgehead atoms. The highest BCUT2D eigenvalue weighted by molar-refractivity contribution is 7.79. The first kappa shape index (κ1) is 14.6. The van der Waals surface area contributed by atoms with Crippen molar-refractivity contribution in [3.8, 4) is 0 Å². The molecule has 0 heterocycles. The van der Waals surface area contributed by atoms with Gasteiger partial charge < -0.3 is 15.8 Å². The molecule has 0 atom stereocenters. The standard InChI is InChI=1S/C4H11N3O.H2O4S/c1-8-3-2-7-4(5)6;1-5(2,3)4/h2-3H2,1H3,(H4,5,6,7);(H2,1,2,3,4). The summed E-state index contributed by atoms with van der Waals surface area (Å²) in [5.41, 5.74) is 4.95. The summed E-state index contributed by atoms with van der Waals surface area (Å²) >= 11 is 0. The van der Waals surface area contributed by atoms with Crippen LogP contribution in [0.1, 0.15) is 0 Å². The Morgan fingerprint density at radius 2 is 2.00 bits per heavy atom. The smallest absolute Gasteiger partial charge is 0.383 e. The van der Waals surface area contributed by atoms with Gasteiger partial charge in [0.25, 0.3) is 0 Å². The van der Waals surface area contributed by atoms with E-state index in [9.17, 15) is 0 Å². The number of hydrogen-bond donors (Lipinski definition) is 5. The lowest BCUT2D eigenvalue weighted by Crippen LogP contribution is -2.32. The molecule has 6 N–H and O–H groups in total. The van der Waals surface area contributed by atoms with E-state index in [2.05, 4.69) is 10.1 Å². The van der Waals surface area contributed by atoms with Crippen molar-refractivity contribution in [1.29, 1.82) is 5.41 Å². The van der Waals surface area contributed by atoms with Crippen molar-refractivity contribution in [1.82, 2.24) is 5.32 Å². The van der Waals surface area contributed by atoms with Gasteiger partial charge in [-0.1, -0.05) is 0 Å². The fraction of sp³-hybridized carbons (Fsp3) is 0.750. The van der Waals surface area contributed by atoms with Crippen LogP contribution in [-0.4, -0.2) is 43.7 Å². The number of nitrogens with one attached hydrogen (secondary N) is 2. The molecule has 0 saturated heterocycles. The Morgan fingerprint density at radius 1 is 1.62 bits per heavy atom. The van der Waals surface area contributed by atoms with Crippen molar-refractivity contribution < 1.29 is 22.3 Å². The van der Waals surface area contributed by atoms with Gasteiger partial charge in [0.1, 0.15) is 0 Å². The van der Waals surface area contributed by atoms with E-state index in [-0.39, 0.29) is 5.96 Å². The lowest BCUT2D eigenvalue weighted by atomic mass is 10.7. The molecule has 0 rings (SSSR count). The molecule has 0 aliphatic heterocycles. The fourth-order valence-corrected chi connectivity index (χ4v) is 0.288. The number of methoxy groups -OCH3 is 1. The molecular weight excluding hydrogens is 202 g/mol. The van der Waals surface area contributed by atoms with Crippen LogP contribution in [0, 0.1) is 5.41 Å². The third-order valence-electron chi connectivity index (χ3n) is 0.622. The van der Waals surface area contributed by atoms with E-state index in [1.807, 2.05) is 0 Å². The molecule has 0 saturated carbocycles. The zero-order chi connectivity index (χ0) is 10.9. The fourth-order valence-electron chi connectivity index (χ4n) is 0.288. The SMILES string of the molecule is COCCNC(=N)N.O=S(=O)(O)O.